The second-order valence-electron chi connectivity index (χ2n) is 14.1. The third kappa shape index (κ3) is 13.3. The lowest BCUT2D eigenvalue weighted by Gasteiger charge is -2.45. The average Bonchev–Trinajstić information content (AvgIpc) is 3.17. The van der Waals surface area contributed by atoms with Gasteiger partial charge < -0.3 is 5.32 Å². The maximum Gasteiger partial charge on any atom is 0.462 e. The van der Waals surface area contributed by atoms with Crippen molar-refractivity contribution in [3.8, 4) is 0 Å². The van der Waals surface area contributed by atoms with Gasteiger partial charge in [-0.2, -0.15) is 206 Å². The lowest BCUT2D eigenvalue weighted by Crippen LogP contribution is -2.73. The van der Waals surface area contributed by atoms with Crippen molar-refractivity contribution in [3.63, 3.8) is 0 Å². The van der Waals surface area contributed by atoms with E-state index in [-0.39, 0.29) is 11.4 Å². The maximum absolute atomic E-state index is 15.0. The Morgan fingerprint density at radius 1 is 0.265 bits per heavy atom. The molecule has 83 heavy (non-hydrogen) atoms. The van der Waals surface area contributed by atoms with E-state index in [0.717, 1.165) is 4.74 Å². The Hall–Kier alpha value is -4.36. The highest BCUT2D eigenvalue weighted by Gasteiger charge is 2.93. The van der Waals surface area contributed by atoms with Crippen LogP contribution in [0.25, 0.3) is 0 Å². The van der Waals surface area contributed by atoms with Gasteiger partial charge in [-0.15, -0.1) is 6.58 Å². The zero-order chi connectivity index (χ0) is 68.1. The summed E-state index contributed by atoms with van der Waals surface area (Å²) in [6.07, 6.45) is -140. The van der Waals surface area contributed by atoms with E-state index < -0.39 is 152 Å². The van der Waals surface area contributed by atoms with Crippen LogP contribution in [0.15, 0.2) is 12.7 Å². The summed E-state index contributed by atoms with van der Waals surface area (Å²) in [6.45, 7) is 0.671. The molecule has 0 saturated carbocycles. The van der Waals surface area contributed by atoms with E-state index >= 15 is 0 Å². The van der Waals surface area contributed by atoms with E-state index in [1.807, 2.05) is 0 Å². The zero-order valence-electron chi connectivity index (χ0n) is 35.5. The number of nitrogens with one attached hydrogen (secondary N) is 1. The van der Waals surface area contributed by atoms with E-state index in [1.165, 1.54) is 4.74 Å². The Bertz CT molecular complexity index is 2270. The van der Waals surface area contributed by atoms with Crippen LogP contribution in [0.3, 0.4) is 0 Å². The highest BCUT2D eigenvalue weighted by Crippen LogP contribution is 2.64. The average molecular weight is 1370 g/mol. The summed E-state index contributed by atoms with van der Waals surface area (Å²) < 4.78 is 654. The molecule has 1 amide bonds. The summed E-state index contributed by atoms with van der Waals surface area (Å²) in [5.74, 6) is -79.3. The third-order valence-corrected chi connectivity index (χ3v) is 8.10. The lowest BCUT2D eigenvalue weighted by atomic mass is 10.2. The molecule has 0 aromatic heterocycles. The Labute approximate surface area is 415 Å². The van der Waals surface area contributed by atoms with Crippen molar-refractivity contribution in [1.82, 2.24) is 5.32 Å². The summed E-state index contributed by atoms with van der Waals surface area (Å²) >= 11 is 0. The molecule has 0 aliphatic heterocycles. The van der Waals surface area contributed by atoms with Crippen LogP contribution in [0.5, 0.6) is 0 Å². The van der Waals surface area contributed by atoms with Crippen LogP contribution >= 0.6 is 0 Å². The van der Waals surface area contributed by atoms with Crippen LogP contribution in [0, 0.1) is 0 Å². The molecule has 496 valence electrons. The third-order valence-electron chi connectivity index (χ3n) is 8.10. The minimum absolute atomic E-state index is 0.000186. The lowest BCUT2D eigenvalue weighted by molar-refractivity contribution is -0.608. The van der Waals surface area contributed by atoms with Gasteiger partial charge in [0.1, 0.15) is 0 Å². The zero-order valence-corrected chi connectivity index (χ0v) is 35.5. The molecular formula is C27H6F47NO8. The highest BCUT2D eigenvalue weighted by atomic mass is 19.5. The van der Waals surface area contributed by atoms with E-state index in [2.05, 4.69) is 6.58 Å². The van der Waals surface area contributed by atoms with Gasteiger partial charge in [-0.3, -0.25) is 38.0 Å². The van der Waals surface area contributed by atoms with E-state index in [9.17, 15) is 211 Å². The number of carbonyl (C=O) groups excluding carboxylic acids is 1. The van der Waals surface area contributed by atoms with Gasteiger partial charge in [0.05, 0.1) is 0 Å². The molecule has 1 N–H and O–H groups in total. The molecule has 0 spiro atoms. The van der Waals surface area contributed by atoms with Gasteiger partial charge in [-0.05, 0) is 0 Å². The van der Waals surface area contributed by atoms with E-state index in [1.54, 1.807) is 0 Å². The molecular weight excluding hydrogens is 1360 g/mol. The van der Waals surface area contributed by atoms with Crippen molar-refractivity contribution in [2.24, 2.45) is 0 Å². The summed E-state index contributed by atoms with van der Waals surface area (Å²) in [6, 6.07) is 0. The Morgan fingerprint density at radius 3 is 0.578 bits per heavy atom. The van der Waals surface area contributed by atoms with Crippen molar-refractivity contribution in [3.05, 3.63) is 12.7 Å². The molecule has 0 fully saturated rings. The second kappa shape index (κ2) is 21.2. The largest absolute Gasteiger partial charge is 0.462 e. The molecule has 0 radical (unpaired) electrons. The van der Waals surface area contributed by atoms with Crippen LogP contribution in [-0.4, -0.2) is 152 Å². The molecule has 0 saturated heterocycles. The number of hydrogen-bond acceptors (Lipinski definition) is 8. The van der Waals surface area contributed by atoms with Crippen molar-refractivity contribution >= 4 is 5.91 Å². The molecule has 56 heteroatoms. The first kappa shape index (κ1) is 78.6. The molecule has 9 nitrogen and oxygen atoms in total. The first-order chi connectivity index (χ1) is 35.2. The van der Waals surface area contributed by atoms with Crippen molar-refractivity contribution < 1.29 is 244 Å². The topological polar surface area (TPSA) is 93.7 Å². The molecule has 0 aliphatic carbocycles. The molecule has 7 unspecified atom stereocenters. The van der Waals surface area contributed by atoms with Gasteiger partial charge in [0.2, 0.25) is 0 Å². The first-order valence-corrected chi connectivity index (χ1v) is 17.4. The number of hydrogen-bond donors (Lipinski definition) is 1. The van der Waals surface area contributed by atoms with Gasteiger partial charge in [-0.1, -0.05) is 6.08 Å². The monoisotopic (exact) mass is 1360 g/mol. The van der Waals surface area contributed by atoms with Gasteiger partial charge in [0.25, 0.3) is 5.91 Å². The fraction of sp³-hybridized carbons (Fsp3) is 0.889. The molecule has 0 aromatic rings. The van der Waals surface area contributed by atoms with E-state index in [0.29, 0.717) is 23.7 Å². The van der Waals surface area contributed by atoms with Crippen LogP contribution < -0.4 is 5.32 Å². The number of alkyl halides is 47. The molecule has 0 aliphatic rings. The number of carbonyl (C=O) groups is 1. The summed E-state index contributed by atoms with van der Waals surface area (Å²) in [7, 11) is 0. The maximum atomic E-state index is 15.0. The summed E-state index contributed by atoms with van der Waals surface area (Å²) in [5, 5.41) is 0.274. The SMILES string of the molecule is C=CCNC(=O)C(F)(OC(F)(F)C(F)(OC(F)(F)C(F)(OC(F)(F)C(F)(OC(F)(F)C(F)(OC(F)(F)C(F)(OC(F)(F)C(F)(OC(F)(F)C(F)(F)C(F)(F)F)C(F)(F)F)C(F)(F)F)C(F)(F)F)C(F)(F)F)C(F)(F)F)C(F)(F)F)C(F)(F)F. The normalized spacial score (nSPS) is 20.7. The smallest absolute Gasteiger partial charge is 0.347 e. The number of rotatable bonds is 24. The van der Waals surface area contributed by atoms with Gasteiger partial charge in [0, 0.05) is 6.54 Å². The van der Waals surface area contributed by atoms with Gasteiger partial charge in [0.15, 0.2) is 0 Å². The molecule has 0 rings (SSSR count). The molecule has 7 atom stereocenters. The fourth-order valence-electron chi connectivity index (χ4n) is 4.06. The molecule has 0 heterocycles. The van der Waals surface area contributed by atoms with Gasteiger partial charge >= 0.3 is 139 Å². The highest BCUT2D eigenvalue weighted by molar-refractivity contribution is 5.84. The van der Waals surface area contributed by atoms with Crippen LogP contribution in [0.2, 0.25) is 0 Å². The van der Waals surface area contributed by atoms with Crippen LogP contribution in [-0.2, 0) is 38.0 Å². The molecule has 0 aromatic carbocycles. The summed E-state index contributed by atoms with van der Waals surface area (Å²) in [5.41, 5.74) is 0. The van der Waals surface area contributed by atoms with Crippen LogP contribution in [0.4, 0.5) is 206 Å². The van der Waals surface area contributed by atoms with Crippen LogP contribution in [0.1, 0.15) is 0 Å². The predicted octanol–water partition coefficient (Wildman–Crippen LogP) is 14.3. The Morgan fingerprint density at radius 2 is 0.434 bits per heavy atom. The minimum atomic E-state index is -10.1. The quantitative estimate of drug-likeness (QED) is 0.0755. The first-order valence-electron chi connectivity index (χ1n) is 17.4. The predicted molar refractivity (Wildman–Crippen MR) is 146 cm³/mol. The van der Waals surface area contributed by atoms with E-state index in [4.69, 9.17) is 0 Å². The summed E-state index contributed by atoms with van der Waals surface area (Å²) in [4.78, 5) is 11.4. The Balaban J connectivity index is 8.52. The number of amides is 1. The second-order valence-corrected chi connectivity index (χ2v) is 14.1. The van der Waals surface area contributed by atoms with Crippen molar-refractivity contribution in [1.29, 1.82) is 0 Å². The van der Waals surface area contributed by atoms with Crippen molar-refractivity contribution in [2.45, 2.75) is 139 Å². The van der Waals surface area contributed by atoms with Gasteiger partial charge in [-0.25, -0.2) is 0 Å². The minimum Gasteiger partial charge on any atom is -0.347 e. The Kier molecular flexibility index (Phi) is 20.1. The fourth-order valence-corrected chi connectivity index (χ4v) is 4.06. The number of halogens is 47. The van der Waals surface area contributed by atoms with Crippen molar-refractivity contribution in [2.75, 3.05) is 6.54 Å². The standard InChI is InChI=1S/C27H6F47NO8/c1-2-3-75-4(76)5(28,13(37,38)39)77-22(63,64)7(31,15(43,44)45)79-24(67,68)9(33,17(49,50)51)81-26(71,72)11(35,19(55,56)57)83-27(73,74)12(36,20(58,59)60)82-25(69,70)10(34,18(52,53)54)80-23(65,66)8(32,16(46,47)48)78-21(61,62)6(29,30)14(40,41)42/h2H,1,3H2,(H,75,76). The molecule has 0 bridgehead atoms. The number of ether oxygens (including phenoxy) is 7.